The predicted molar refractivity (Wildman–Crippen MR) is 134 cm³/mol. The van der Waals surface area contributed by atoms with Crippen molar-refractivity contribution in [1.29, 1.82) is 5.26 Å². The highest BCUT2D eigenvalue weighted by Crippen LogP contribution is 2.43. The fraction of sp³-hybridized carbons (Fsp3) is 0.207. The van der Waals surface area contributed by atoms with Crippen LogP contribution >= 0.6 is 0 Å². The Morgan fingerprint density at radius 3 is 2.33 bits per heavy atom. The lowest BCUT2D eigenvalue weighted by atomic mass is 9.93. The first-order chi connectivity index (χ1) is 17.3. The molecule has 1 saturated heterocycles. The molecule has 0 spiro atoms. The van der Waals surface area contributed by atoms with E-state index in [4.69, 9.17) is 10.00 Å². The van der Waals surface area contributed by atoms with Gasteiger partial charge in [-0.05, 0) is 78.6 Å². The van der Waals surface area contributed by atoms with Crippen LogP contribution in [0.25, 0.3) is 5.76 Å². The molecule has 0 saturated carbocycles. The van der Waals surface area contributed by atoms with Gasteiger partial charge in [0.1, 0.15) is 17.3 Å². The zero-order valence-electron chi connectivity index (χ0n) is 20.2. The molecule has 0 bridgehead atoms. The molecule has 1 aliphatic heterocycles. The lowest BCUT2D eigenvalue weighted by molar-refractivity contribution is -0.132. The first-order valence-corrected chi connectivity index (χ1v) is 11.6. The van der Waals surface area contributed by atoms with Gasteiger partial charge in [-0.15, -0.1) is 0 Å². The molecule has 7 heteroatoms. The van der Waals surface area contributed by atoms with Crippen molar-refractivity contribution < 1.29 is 23.8 Å². The Labute approximate surface area is 208 Å². The summed E-state index contributed by atoms with van der Waals surface area (Å²) >= 11 is 0. The summed E-state index contributed by atoms with van der Waals surface area (Å²) in [4.78, 5) is 27.8. The third kappa shape index (κ3) is 4.46. The monoisotopic (exact) mass is 484 g/mol. The number of nitriles is 1. The number of Topliss-reactive ketones (excluding diaryl/α,β-unsaturated/α-hetero) is 1. The number of hydrogen-bond acceptors (Lipinski definition) is 5. The molecule has 3 aromatic rings. The molecule has 1 aliphatic rings. The summed E-state index contributed by atoms with van der Waals surface area (Å²) in [5, 5.41) is 20.5. The molecule has 0 aromatic heterocycles. The molecule has 1 heterocycles. The average molecular weight is 485 g/mol. The maximum atomic E-state index is 13.7. The number of carbonyl (C=O) groups is 2. The van der Waals surface area contributed by atoms with E-state index < -0.39 is 23.5 Å². The first kappa shape index (κ1) is 24.7. The van der Waals surface area contributed by atoms with Crippen LogP contribution in [0.3, 0.4) is 0 Å². The van der Waals surface area contributed by atoms with Crippen LogP contribution in [0.4, 0.5) is 10.1 Å². The Morgan fingerprint density at radius 1 is 1.08 bits per heavy atom. The van der Waals surface area contributed by atoms with E-state index in [0.29, 0.717) is 34.7 Å². The first-order valence-electron chi connectivity index (χ1n) is 11.6. The number of aliphatic hydroxyl groups is 1. The molecule has 6 nitrogen and oxygen atoms in total. The summed E-state index contributed by atoms with van der Waals surface area (Å²) in [7, 11) is 0. The molecule has 1 atom stereocenters. The molecule has 1 unspecified atom stereocenters. The van der Waals surface area contributed by atoms with Crippen LogP contribution in [-0.4, -0.2) is 23.4 Å². The number of halogens is 1. The summed E-state index contributed by atoms with van der Waals surface area (Å²) in [6.07, 6.45) is 0. The van der Waals surface area contributed by atoms with Crippen molar-refractivity contribution in [2.24, 2.45) is 0 Å². The quantitative estimate of drug-likeness (QED) is 0.269. The van der Waals surface area contributed by atoms with E-state index in [9.17, 15) is 19.1 Å². The van der Waals surface area contributed by atoms with Gasteiger partial charge in [0, 0.05) is 11.3 Å². The number of amides is 1. The van der Waals surface area contributed by atoms with E-state index in [1.54, 1.807) is 30.3 Å². The van der Waals surface area contributed by atoms with Crippen molar-refractivity contribution in [3.05, 3.63) is 100 Å². The lowest BCUT2D eigenvalue weighted by Crippen LogP contribution is -2.29. The molecule has 4 rings (SSSR count). The molecular weight excluding hydrogens is 459 g/mol. The van der Waals surface area contributed by atoms with Gasteiger partial charge in [-0.25, -0.2) is 4.39 Å². The van der Waals surface area contributed by atoms with Gasteiger partial charge < -0.3 is 9.84 Å². The lowest BCUT2D eigenvalue weighted by Gasteiger charge is -2.25. The molecule has 36 heavy (non-hydrogen) atoms. The Balaban J connectivity index is 1.92. The van der Waals surface area contributed by atoms with Gasteiger partial charge in [0.2, 0.25) is 0 Å². The van der Waals surface area contributed by atoms with Crippen LogP contribution in [0.2, 0.25) is 0 Å². The number of aliphatic hydroxyl groups excluding tert-OH is 1. The zero-order chi connectivity index (χ0) is 26.0. The summed E-state index contributed by atoms with van der Waals surface area (Å²) in [5.74, 6) is -1.73. The Morgan fingerprint density at radius 2 is 1.75 bits per heavy atom. The summed E-state index contributed by atoms with van der Waals surface area (Å²) in [6, 6.07) is 17.8. The Hall–Kier alpha value is -4.44. The number of ketones is 1. The standard InChI is InChI=1S/C29H25FN2O4/c1-4-36-24-14-9-20(15-23(24)17(2)3)27(33)25-26(19-7-10-21(30)11-8-19)32(29(35)28(25)34)22-12-5-18(16-31)6-13-22/h5-15,17,26,33H,4H2,1-3H3/b27-25-. The maximum Gasteiger partial charge on any atom is 0.300 e. The third-order valence-electron chi connectivity index (χ3n) is 6.11. The fourth-order valence-electron chi connectivity index (χ4n) is 4.35. The SMILES string of the molecule is CCOc1ccc(/C(O)=C2/C(=O)C(=O)N(c3ccc(C#N)cc3)C2c2ccc(F)cc2)cc1C(C)C. The number of rotatable bonds is 6. The van der Waals surface area contributed by atoms with E-state index in [1.807, 2.05) is 26.8 Å². The molecule has 0 aliphatic carbocycles. The normalized spacial score (nSPS) is 16.9. The van der Waals surface area contributed by atoms with Gasteiger partial charge in [0.05, 0.1) is 29.9 Å². The highest BCUT2D eigenvalue weighted by atomic mass is 19.1. The van der Waals surface area contributed by atoms with Crippen LogP contribution in [-0.2, 0) is 9.59 Å². The minimum Gasteiger partial charge on any atom is -0.507 e. The van der Waals surface area contributed by atoms with Crippen molar-refractivity contribution in [1.82, 2.24) is 0 Å². The van der Waals surface area contributed by atoms with E-state index in [1.165, 1.54) is 41.3 Å². The molecule has 1 amide bonds. The van der Waals surface area contributed by atoms with Crippen molar-refractivity contribution in [2.45, 2.75) is 32.7 Å². The number of hydrogen-bond donors (Lipinski definition) is 1. The van der Waals surface area contributed by atoms with Crippen molar-refractivity contribution in [3.8, 4) is 11.8 Å². The Bertz CT molecular complexity index is 1390. The second kappa shape index (κ2) is 10.0. The van der Waals surface area contributed by atoms with Gasteiger partial charge in [-0.2, -0.15) is 5.26 Å². The van der Waals surface area contributed by atoms with Crippen LogP contribution in [0.15, 0.2) is 72.3 Å². The highest BCUT2D eigenvalue weighted by Gasteiger charge is 2.47. The molecule has 1 fully saturated rings. The molecule has 182 valence electrons. The molecule has 3 aromatic carbocycles. The van der Waals surface area contributed by atoms with E-state index >= 15 is 0 Å². The van der Waals surface area contributed by atoms with Gasteiger partial charge in [-0.1, -0.05) is 26.0 Å². The van der Waals surface area contributed by atoms with Crippen LogP contribution in [0.5, 0.6) is 5.75 Å². The topological polar surface area (TPSA) is 90.6 Å². The minimum atomic E-state index is -0.993. The number of benzene rings is 3. The third-order valence-corrected chi connectivity index (χ3v) is 6.11. The van der Waals surface area contributed by atoms with E-state index in [-0.39, 0.29) is 17.3 Å². The second-order valence-electron chi connectivity index (χ2n) is 8.72. The molecule has 0 radical (unpaired) electrons. The van der Waals surface area contributed by atoms with Crippen molar-refractivity contribution >= 4 is 23.1 Å². The summed E-state index contributed by atoms with van der Waals surface area (Å²) in [5.41, 5.74) is 2.34. The van der Waals surface area contributed by atoms with Crippen molar-refractivity contribution in [2.75, 3.05) is 11.5 Å². The van der Waals surface area contributed by atoms with E-state index in [0.717, 1.165) is 5.56 Å². The number of carbonyl (C=O) groups excluding carboxylic acids is 2. The zero-order valence-corrected chi connectivity index (χ0v) is 20.2. The smallest absolute Gasteiger partial charge is 0.300 e. The van der Waals surface area contributed by atoms with Gasteiger partial charge >= 0.3 is 0 Å². The van der Waals surface area contributed by atoms with Crippen LogP contribution in [0, 0.1) is 17.1 Å². The number of nitrogens with zero attached hydrogens (tertiary/aromatic N) is 2. The fourth-order valence-corrected chi connectivity index (χ4v) is 4.35. The van der Waals surface area contributed by atoms with Gasteiger partial charge in [-0.3, -0.25) is 14.5 Å². The number of anilines is 1. The van der Waals surface area contributed by atoms with E-state index in [2.05, 4.69) is 0 Å². The van der Waals surface area contributed by atoms with Gasteiger partial charge in [0.25, 0.3) is 11.7 Å². The maximum absolute atomic E-state index is 13.7. The Kier molecular flexibility index (Phi) is 6.89. The largest absolute Gasteiger partial charge is 0.507 e. The summed E-state index contributed by atoms with van der Waals surface area (Å²) in [6.45, 7) is 6.34. The van der Waals surface area contributed by atoms with Gasteiger partial charge in [0.15, 0.2) is 0 Å². The predicted octanol–water partition coefficient (Wildman–Crippen LogP) is 5.85. The summed E-state index contributed by atoms with van der Waals surface area (Å²) < 4.78 is 19.4. The average Bonchev–Trinajstić information content (AvgIpc) is 3.14. The second-order valence-corrected chi connectivity index (χ2v) is 8.72. The highest BCUT2D eigenvalue weighted by molar-refractivity contribution is 6.51. The molecule has 1 N–H and O–H groups in total. The molecular formula is C29H25FN2O4. The number of ether oxygens (including phenoxy) is 1. The van der Waals surface area contributed by atoms with Crippen LogP contribution < -0.4 is 9.64 Å². The van der Waals surface area contributed by atoms with Crippen molar-refractivity contribution in [3.63, 3.8) is 0 Å². The van der Waals surface area contributed by atoms with Crippen LogP contribution in [0.1, 0.15) is 55.0 Å². The minimum absolute atomic E-state index is 0.0771.